The van der Waals surface area contributed by atoms with Gasteiger partial charge in [-0.3, -0.25) is 0 Å². The van der Waals surface area contributed by atoms with E-state index < -0.39 is 15.8 Å². The Labute approximate surface area is 100 Å². The van der Waals surface area contributed by atoms with Crippen LogP contribution < -0.4 is 15.8 Å². The molecule has 0 spiro atoms. The summed E-state index contributed by atoms with van der Waals surface area (Å²) >= 11 is 0. The molecular formula is C10H16FN3O2S. The van der Waals surface area contributed by atoms with Crippen molar-refractivity contribution in [2.24, 2.45) is 10.9 Å². The van der Waals surface area contributed by atoms with Crippen molar-refractivity contribution < 1.29 is 12.8 Å². The van der Waals surface area contributed by atoms with Gasteiger partial charge in [-0.05, 0) is 25.1 Å². The second-order valence-electron chi connectivity index (χ2n) is 3.85. The first-order chi connectivity index (χ1) is 7.77. The molecule has 0 bridgehead atoms. The van der Waals surface area contributed by atoms with E-state index in [0.29, 0.717) is 6.54 Å². The lowest BCUT2D eigenvalue weighted by Crippen LogP contribution is -2.35. The van der Waals surface area contributed by atoms with E-state index in [9.17, 15) is 12.8 Å². The first kappa shape index (κ1) is 13.9. The number of nitrogens with two attached hydrogens (primary N) is 2. The maximum atomic E-state index is 13.7. The summed E-state index contributed by atoms with van der Waals surface area (Å²) in [5, 5.41) is 4.91. The number of nitrogens with zero attached hydrogens (tertiary/aromatic N) is 1. The van der Waals surface area contributed by atoms with E-state index >= 15 is 0 Å². The molecular weight excluding hydrogens is 245 g/mol. The fraction of sp³-hybridized carbons (Fsp3) is 0.400. The average molecular weight is 261 g/mol. The van der Waals surface area contributed by atoms with Gasteiger partial charge in [-0.1, -0.05) is 0 Å². The van der Waals surface area contributed by atoms with Gasteiger partial charge in [0, 0.05) is 19.6 Å². The predicted octanol–water partition coefficient (Wildman–Crippen LogP) is 0.257. The highest BCUT2D eigenvalue weighted by atomic mass is 32.2. The third-order valence-corrected chi connectivity index (χ3v) is 3.54. The van der Waals surface area contributed by atoms with E-state index in [1.807, 2.05) is 6.92 Å². The molecule has 0 aliphatic heterocycles. The van der Waals surface area contributed by atoms with Gasteiger partial charge in [0.1, 0.15) is 5.82 Å². The van der Waals surface area contributed by atoms with Crippen LogP contribution in [0.2, 0.25) is 0 Å². The molecule has 0 amide bonds. The predicted molar refractivity (Wildman–Crippen MR) is 64.7 cm³/mol. The molecule has 0 radical (unpaired) electrons. The van der Waals surface area contributed by atoms with Gasteiger partial charge in [0.25, 0.3) is 0 Å². The van der Waals surface area contributed by atoms with Gasteiger partial charge < -0.3 is 10.6 Å². The Hall–Kier alpha value is -1.18. The Kier molecular flexibility index (Phi) is 4.07. The van der Waals surface area contributed by atoms with Crippen molar-refractivity contribution in [3.05, 3.63) is 24.0 Å². The van der Waals surface area contributed by atoms with Crippen molar-refractivity contribution in [1.29, 1.82) is 0 Å². The van der Waals surface area contributed by atoms with Crippen LogP contribution in [0.15, 0.2) is 23.1 Å². The lowest BCUT2D eigenvalue weighted by atomic mass is 10.2. The maximum absolute atomic E-state index is 13.7. The normalized spacial score (nSPS) is 13.5. The molecule has 0 aliphatic carbocycles. The third kappa shape index (κ3) is 3.15. The van der Waals surface area contributed by atoms with Crippen LogP contribution in [0, 0.1) is 5.82 Å². The number of likely N-dealkylation sites (N-methyl/N-ethyl adjacent to an activating group) is 1. The van der Waals surface area contributed by atoms with Crippen LogP contribution in [0.3, 0.4) is 0 Å². The molecule has 7 heteroatoms. The van der Waals surface area contributed by atoms with Gasteiger partial charge in [-0.2, -0.15) is 0 Å². The van der Waals surface area contributed by atoms with Crippen LogP contribution >= 0.6 is 0 Å². The summed E-state index contributed by atoms with van der Waals surface area (Å²) in [7, 11) is -2.19. The van der Waals surface area contributed by atoms with Crippen LogP contribution in [-0.2, 0) is 10.0 Å². The summed E-state index contributed by atoms with van der Waals surface area (Å²) < 4.78 is 35.8. The van der Waals surface area contributed by atoms with Crippen molar-refractivity contribution in [3.63, 3.8) is 0 Å². The Morgan fingerprint density at radius 1 is 1.47 bits per heavy atom. The van der Waals surface area contributed by atoms with Gasteiger partial charge in [0.05, 0.1) is 10.6 Å². The summed E-state index contributed by atoms with van der Waals surface area (Å²) in [5.74, 6) is -0.640. The molecule has 0 heterocycles. The zero-order chi connectivity index (χ0) is 13.2. The summed E-state index contributed by atoms with van der Waals surface area (Å²) in [6.45, 7) is 2.21. The van der Waals surface area contributed by atoms with E-state index in [1.165, 1.54) is 12.1 Å². The standard InChI is InChI=1S/C10H16FN3O2S/c1-7(6-12)14(2)10-4-3-8(5-9(10)11)17(13,15)16/h3-5,7H,6,12H2,1-2H3,(H2,13,15,16). The van der Waals surface area contributed by atoms with Crippen molar-refractivity contribution in [1.82, 2.24) is 0 Å². The fourth-order valence-corrected chi connectivity index (χ4v) is 1.87. The van der Waals surface area contributed by atoms with Crippen molar-refractivity contribution in [2.45, 2.75) is 17.9 Å². The molecule has 0 aliphatic rings. The second-order valence-corrected chi connectivity index (χ2v) is 5.42. The number of benzene rings is 1. The minimum Gasteiger partial charge on any atom is -0.368 e. The molecule has 0 aromatic heterocycles. The summed E-state index contributed by atoms with van der Waals surface area (Å²) in [4.78, 5) is 1.40. The molecule has 0 saturated carbocycles. The monoisotopic (exact) mass is 261 g/mol. The van der Waals surface area contributed by atoms with E-state index in [2.05, 4.69) is 0 Å². The van der Waals surface area contributed by atoms with Crippen molar-refractivity contribution >= 4 is 15.7 Å². The molecule has 0 saturated heterocycles. The highest BCUT2D eigenvalue weighted by Gasteiger charge is 2.16. The molecule has 4 N–H and O–H groups in total. The molecule has 17 heavy (non-hydrogen) atoms. The molecule has 1 atom stereocenters. The fourth-order valence-electron chi connectivity index (χ4n) is 1.35. The second kappa shape index (κ2) is 4.99. The van der Waals surface area contributed by atoms with Gasteiger partial charge in [0.15, 0.2) is 0 Å². The van der Waals surface area contributed by atoms with Crippen molar-refractivity contribution in [3.8, 4) is 0 Å². The Morgan fingerprint density at radius 2 is 2.06 bits per heavy atom. The first-order valence-electron chi connectivity index (χ1n) is 5.02. The zero-order valence-electron chi connectivity index (χ0n) is 9.72. The first-order valence-corrected chi connectivity index (χ1v) is 6.57. The van der Waals surface area contributed by atoms with E-state index in [0.717, 1.165) is 6.07 Å². The molecule has 0 fully saturated rings. The Balaban J connectivity index is 3.15. The number of anilines is 1. The summed E-state index contributed by atoms with van der Waals surface area (Å²) in [6, 6.07) is 3.50. The molecule has 5 nitrogen and oxygen atoms in total. The highest BCUT2D eigenvalue weighted by molar-refractivity contribution is 7.89. The minimum atomic E-state index is -3.88. The van der Waals surface area contributed by atoms with E-state index in [4.69, 9.17) is 10.9 Å². The third-order valence-electron chi connectivity index (χ3n) is 2.63. The summed E-state index contributed by atoms with van der Waals surface area (Å²) in [5.41, 5.74) is 5.77. The smallest absolute Gasteiger partial charge is 0.238 e. The van der Waals surface area contributed by atoms with Gasteiger partial charge in [-0.25, -0.2) is 17.9 Å². The van der Waals surface area contributed by atoms with Gasteiger partial charge >= 0.3 is 0 Å². The zero-order valence-corrected chi connectivity index (χ0v) is 10.5. The number of rotatable bonds is 4. The molecule has 96 valence electrons. The Morgan fingerprint density at radius 3 is 2.47 bits per heavy atom. The number of primary sulfonamides is 1. The Bertz CT molecular complexity index is 504. The van der Waals surface area contributed by atoms with Crippen LogP contribution in [0.25, 0.3) is 0 Å². The SMILES string of the molecule is CC(CN)N(C)c1ccc(S(N)(=O)=O)cc1F. The van der Waals surface area contributed by atoms with Gasteiger partial charge in [0.2, 0.25) is 10.0 Å². The van der Waals surface area contributed by atoms with E-state index in [-0.39, 0.29) is 16.6 Å². The topological polar surface area (TPSA) is 89.4 Å². The average Bonchev–Trinajstić information content (AvgIpc) is 2.25. The quantitative estimate of drug-likeness (QED) is 0.813. The van der Waals surface area contributed by atoms with Crippen LogP contribution in [0.1, 0.15) is 6.92 Å². The molecule has 1 unspecified atom stereocenters. The molecule has 1 aromatic rings. The lowest BCUT2D eigenvalue weighted by molar-refractivity contribution is 0.588. The van der Waals surface area contributed by atoms with Crippen LogP contribution in [0.4, 0.5) is 10.1 Å². The number of sulfonamides is 1. The lowest BCUT2D eigenvalue weighted by Gasteiger charge is -2.26. The van der Waals surface area contributed by atoms with Crippen molar-refractivity contribution in [2.75, 3.05) is 18.5 Å². The number of halogens is 1. The van der Waals surface area contributed by atoms with Crippen LogP contribution in [0.5, 0.6) is 0 Å². The molecule has 1 aromatic carbocycles. The maximum Gasteiger partial charge on any atom is 0.238 e. The number of hydrogen-bond acceptors (Lipinski definition) is 4. The van der Waals surface area contributed by atoms with Gasteiger partial charge in [-0.15, -0.1) is 0 Å². The highest BCUT2D eigenvalue weighted by Crippen LogP contribution is 2.22. The molecule has 1 rings (SSSR count). The summed E-state index contributed by atoms with van der Waals surface area (Å²) in [6.07, 6.45) is 0. The minimum absolute atomic E-state index is 0.0511. The van der Waals surface area contributed by atoms with Crippen LogP contribution in [-0.4, -0.2) is 28.1 Å². The largest absolute Gasteiger partial charge is 0.368 e. The number of hydrogen-bond donors (Lipinski definition) is 2. The van der Waals surface area contributed by atoms with E-state index in [1.54, 1.807) is 11.9 Å².